The van der Waals surface area contributed by atoms with Crippen molar-refractivity contribution >= 4 is 0 Å². The van der Waals surface area contributed by atoms with Gasteiger partial charge in [0.1, 0.15) is 0 Å². The number of hydrogen-bond donors (Lipinski definition) is 1. The van der Waals surface area contributed by atoms with Crippen molar-refractivity contribution in [3.63, 3.8) is 0 Å². The maximum Gasteiger partial charge on any atom is -0.00148 e. The quantitative estimate of drug-likeness (QED) is 0.726. The van der Waals surface area contributed by atoms with Crippen LogP contribution in [-0.2, 0) is 6.42 Å². The summed E-state index contributed by atoms with van der Waals surface area (Å²) in [5.41, 5.74) is 2.96. The molecule has 0 radical (unpaired) electrons. The lowest BCUT2D eigenvalue weighted by Crippen LogP contribution is -2.29. The summed E-state index contributed by atoms with van der Waals surface area (Å²) in [5.74, 6) is 1.60. The van der Waals surface area contributed by atoms with Gasteiger partial charge in [0.25, 0.3) is 0 Å². The average Bonchev–Trinajstić information content (AvgIpc) is 2.39. The van der Waals surface area contributed by atoms with Crippen molar-refractivity contribution in [1.82, 2.24) is 5.32 Å². The molecule has 0 aliphatic carbocycles. The van der Waals surface area contributed by atoms with E-state index in [1.807, 2.05) is 0 Å². The second-order valence-corrected chi connectivity index (χ2v) is 5.27. The molecule has 0 amide bonds. The average molecular weight is 247 g/mol. The largest absolute Gasteiger partial charge is 0.317 e. The van der Waals surface area contributed by atoms with E-state index >= 15 is 0 Å². The van der Waals surface area contributed by atoms with Crippen LogP contribution in [0, 0.1) is 18.8 Å². The van der Waals surface area contributed by atoms with Gasteiger partial charge in [-0.25, -0.2) is 0 Å². The molecule has 1 rings (SSSR count). The molecule has 1 N–H and O–H groups in total. The molecule has 1 nitrogen and oxygen atoms in total. The molecule has 1 atom stereocenters. The Hall–Kier alpha value is -0.820. The van der Waals surface area contributed by atoms with Crippen LogP contribution < -0.4 is 5.32 Å². The van der Waals surface area contributed by atoms with Crippen LogP contribution in [0.15, 0.2) is 24.3 Å². The van der Waals surface area contributed by atoms with E-state index in [0.29, 0.717) is 0 Å². The van der Waals surface area contributed by atoms with Crippen molar-refractivity contribution < 1.29 is 0 Å². The van der Waals surface area contributed by atoms with Crippen molar-refractivity contribution in [1.29, 1.82) is 0 Å². The first-order chi connectivity index (χ1) is 8.72. The molecule has 1 aromatic carbocycles. The summed E-state index contributed by atoms with van der Waals surface area (Å²) in [6.45, 7) is 11.3. The number of hydrogen-bond acceptors (Lipinski definition) is 1. The van der Waals surface area contributed by atoms with Gasteiger partial charge in [-0.05, 0) is 49.4 Å². The molecule has 0 bridgehead atoms. The summed E-state index contributed by atoms with van der Waals surface area (Å²) in [4.78, 5) is 0. The van der Waals surface area contributed by atoms with Gasteiger partial charge in [0.15, 0.2) is 0 Å². The lowest BCUT2D eigenvalue weighted by molar-refractivity contribution is 0.299. The summed E-state index contributed by atoms with van der Waals surface area (Å²) >= 11 is 0. The normalized spacial score (nSPS) is 12.9. The van der Waals surface area contributed by atoms with Gasteiger partial charge in [-0.15, -0.1) is 0 Å². The lowest BCUT2D eigenvalue weighted by atomic mass is 9.82. The minimum absolute atomic E-state index is 0.765. The van der Waals surface area contributed by atoms with E-state index < -0.39 is 0 Å². The minimum atomic E-state index is 0.765. The zero-order valence-electron chi connectivity index (χ0n) is 12.5. The second kappa shape index (κ2) is 8.31. The molecule has 0 spiro atoms. The predicted molar refractivity (Wildman–Crippen MR) is 81.0 cm³/mol. The van der Waals surface area contributed by atoms with Gasteiger partial charge in [-0.1, -0.05) is 57.9 Å². The third-order valence-corrected chi connectivity index (χ3v) is 4.12. The van der Waals surface area contributed by atoms with Crippen molar-refractivity contribution in [2.24, 2.45) is 11.8 Å². The molecule has 0 heterocycles. The highest BCUT2D eigenvalue weighted by molar-refractivity contribution is 5.26. The van der Waals surface area contributed by atoms with Gasteiger partial charge in [-0.3, -0.25) is 0 Å². The van der Waals surface area contributed by atoms with Gasteiger partial charge in [-0.2, -0.15) is 0 Å². The van der Waals surface area contributed by atoms with E-state index in [1.165, 1.54) is 30.4 Å². The first-order valence-electron chi connectivity index (χ1n) is 7.48. The molecule has 0 fully saturated rings. The van der Waals surface area contributed by atoms with Gasteiger partial charge >= 0.3 is 0 Å². The van der Waals surface area contributed by atoms with Crippen molar-refractivity contribution in [2.45, 2.75) is 47.0 Å². The summed E-state index contributed by atoms with van der Waals surface area (Å²) in [6.07, 6.45) is 3.79. The van der Waals surface area contributed by atoms with Crippen LogP contribution in [0.3, 0.4) is 0 Å². The highest BCUT2D eigenvalue weighted by Gasteiger charge is 2.19. The summed E-state index contributed by atoms with van der Waals surface area (Å²) < 4.78 is 0. The van der Waals surface area contributed by atoms with E-state index in [-0.39, 0.29) is 0 Å². The van der Waals surface area contributed by atoms with E-state index in [0.717, 1.165) is 24.9 Å². The van der Waals surface area contributed by atoms with Gasteiger partial charge in [0.05, 0.1) is 0 Å². The number of aryl methyl sites for hydroxylation is 1. The van der Waals surface area contributed by atoms with Crippen molar-refractivity contribution in [3.8, 4) is 0 Å². The molecule has 1 unspecified atom stereocenters. The number of rotatable bonds is 8. The van der Waals surface area contributed by atoms with E-state index in [2.05, 4.69) is 57.3 Å². The van der Waals surface area contributed by atoms with Crippen LogP contribution >= 0.6 is 0 Å². The Morgan fingerprint density at radius 2 is 1.67 bits per heavy atom. The Kier molecular flexibility index (Phi) is 7.04. The monoisotopic (exact) mass is 247 g/mol. The third kappa shape index (κ3) is 4.45. The smallest absolute Gasteiger partial charge is 0.00148 e. The summed E-state index contributed by atoms with van der Waals surface area (Å²) in [7, 11) is 0. The Bertz CT molecular complexity index is 328. The molecule has 0 aliphatic heterocycles. The van der Waals surface area contributed by atoms with Crippen LogP contribution in [0.1, 0.15) is 44.7 Å². The van der Waals surface area contributed by atoms with Crippen LogP contribution in [-0.4, -0.2) is 13.1 Å². The molecule has 102 valence electrons. The fourth-order valence-corrected chi connectivity index (χ4v) is 2.81. The molecule has 18 heavy (non-hydrogen) atoms. The second-order valence-electron chi connectivity index (χ2n) is 5.27. The van der Waals surface area contributed by atoms with Crippen molar-refractivity contribution in [3.05, 3.63) is 35.4 Å². The molecule has 0 aromatic heterocycles. The molecule has 1 aromatic rings. The molecule has 0 saturated carbocycles. The van der Waals surface area contributed by atoms with Crippen LogP contribution in [0.25, 0.3) is 0 Å². The molecule has 0 saturated heterocycles. The van der Waals surface area contributed by atoms with Crippen LogP contribution in [0.2, 0.25) is 0 Å². The van der Waals surface area contributed by atoms with Gasteiger partial charge in [0.2, 0.25) is 0 Å². The topological polar surface area (TPSA) is 12.0 Å². The SMILES string of the molecule is CCNCC(Cc1ccccc1C)C(CC)CC. The molecular formula is C17H29N. The Morgan fingerprint density at radius 1 is 1.00 bits per heavy atom. The molecule has 0 aliphatic rings. The number of nitrogens with one attached hydrogen (secondary N) is 1. The highest BCUT2D eigenvalue weighted by Crippen LogP contribution is 2.24. The summed E-state index contributed by atoms with van der Waals surface area (Å²) in [6, 6.07) is 8.82. The minimum Gasteiger partial charge on any atom is -0.317 e. The standard InChI is InChI=1S/C17H29N/c1-5-15(6-2)17(13-18-7-3)12-16-11-9-8-10-14(16)4/h8-11,15,17-18H,5-7,12-13H2,1-4H3. The Labute approximate surface area is 113 Å². The van der Waals surface area contributed by atoms with Gasteiger partial charge < -0.3 is 5.32 Å². The van der Waals surface area contributed by atoms with E-state index in [4.69, 9.17) is 0 Å². The number of benzene rings is 1. The van der Waals surface area contributed by atoms with Crippen LogP contribution in [0.4, 0.5) is 0 Å². The zero-order valence-corrected chi connectivity index (χ0v) is 12.5. The van der Waals surface area contributed by atoms with Crippen molar-refractivity contribution in [2.75, 3.05) is 13.1 Å². The molecular weight excluding hydrogens is 218 g/mol. The zero-order chi connectivity index (χ0) is 13.4. The molecule has 1 heteroatoms. The van der Waals surface area contributed by atoms with Gasteiger partial charge in [0, 0.05) is 0 Å². The highest BCUT2D eigenvalue weighted by atomic mass is 14.8. The Morgan fingerprint density at radius 3 is 2.22 bits per heavy atom. The first-order valence-corrected chi connectivity index (χ1v) is 7.48. The maximum atomic E-state index is 3.54. The first kappa shape index (κ1) is 15.2. The fourth-order valence-electron chi connectivity index (χ4n) is 2.81. The van der Waals surface area contributed by atoms with E-state index in [9.17, 15) is 0 Å². The van der Waals surface area contributed by atoms with E-state index in [1.54, 1.807) is 0 Å². The Balaban J connectivity index is 2.74. The lowest BCUT2D eigenvalue weighted by Gasteiger charge is -2.26. The fraction of sp³-hybridized carbons (Fsp3) is 0.647. The maximum absolute atomic E-state index is 3.54. The predicted octanol–water partition coefficient (Wildman–Crippen LogP) is 4.20. The van der Waals surface area contributed by atoms with Crippen LogP contribution in [0.5, 0.6) is 0 Å². The summed E-state index contributed by atoms with van der Waals surface area (Å²) in [5, 5.41) is 3.54. The third-order valence-electron chi connectivity index (χ3n) is 4.12.